The van der Waals surface area contributed by atoms with Crippen molar-refractivity contribution in [3.05, 3.63) is 35.4 Å². The molecular formula is C16H21NO2. The minimum Gasteiger partial charge on any atom is -0.381 e. The summed E-state index contributed by atoms with van der Waals surface area (Å²) in [6.07, 6.45) is 3.14. The van der Waals surface area contributed by atoms with Gasteiger partial charge in [-0.15, -0.1) is 0 Å². The van der Waals surface area contributed by atoms with Gasteiger partial charge in [0.1, 0.15) is 5.60 Å². The zero-order chi connectivity index (χ0) is 13.6. The predicted molar refractivity (Wildman–Crippen MR) is 75.7 cm³/mol. The highest BCUT2D eigenvalue weighted by molar-refractivity contribution is 5.39. The molecule has 0 amide bonds. The summed E-state index contributed by atoms with van der Waals surface area (Å²) in [6, 6.07) is 8.14. The lowest BCUT2D eigenvalue weighted by Crippen LogP contribution is -2.34. The topological polar surface area (TPSA) is 55.5 Å². The Labute approximate surface area is 114 Å². The normalized spacial score (nSPS) is 17.6. The highest BCUT2D eigenvalue weighted by Crippen LogP contribution is 2.19. The highest BCUT2D eigenvalue weighted by atomic mass is 16.5. The summed E-state index contributed by atoms with van der Waals surface area (Å²) in [7, 11) is 0. The Hall–Kier alpha value is -1.34. The van der Waals surface area contributed by atoms with Gasteiger partial charge < -0.3 is 15.6 Å². The van der Waals surface area contributed by atoms with E-state index in [1.165, 1.54) is 5.56 Å². The number of hydrogen-bond donors (Lipinski definition) is 2. The Morgan fingerprint density at radius 3 is 2.84 bits per heavy atom. The van der Waals surface area contributed by atoms with Crippen molar-refractivity contribution >= 4 is 0 Å². The Balaban J connectivity index is 2.06. The standard InChI is InChI=1S/C16H21NO2/c17-10-2-5-14-3-1-4-15(13-14)6-7-16(18)8-11-19-12-9-16/h1,3-4,13,18H,2,5,8-12,17H2. The zero-order valence-electron chi connectivity index (χ0n) is 11.2. The third-order valence-electron chi connectivity index (χ3n) is 3.36. The molecule has 0 aromatic heterocycles. The summed E-state index contributed by atoms with van der Waals surface area (Å²) in [4.78, 5) is 0. The largest absolute Gasteiger partial charge is 0.381 e. The van der Waals surface area contributed by atoms with E-state index in [4.69, 9.17) is 10.5 Å². The van der Waals surface area contributed by atoms with E-state index >= 15 is 0 Å². The van der Waals surface area contributed by atoms with Crippen LogP contribution in [0.3, 0.4) is 0 Å². The fourth-order valence-electron chi connectivity index (χ4n) is 2.13. The number of nitrogens with two attached hydrogens (primary N) is 1. The van der Waals surface area contributed by atoms with E-state index in [0.717, 1.165) is 18.4 Å². The van der Waals surface area contributed by atoms with Crippen LogP contribution in [0.25, 0.3) is 0 Å². The summed E-state index contributed by atoms with van der Waals surface area (Å²) >= 11 is 0. The number of aliphatic hydroxyl groups is 1. The van der Waals surface area contributed by atoms with Crippen LogP contribution in [-0.4, -0.2) is 30.5 Å². The van der Waals surface area contributed by atoms with Crippen molar-refractivity contribution in [1.29, 1.82) is 0 Å². The Morgan fingerprint density at radius 2 is 2.11 bits per heavy atom. The van der Waals surface area contributed by atoms with Crippen molar-refractivity contribution in [2.45, 2.75) is 31.3 Å². The lowest BCUT2D eigenvalue weighted by molar-refractivity contribution is -0.0261. The van der Waals surface area contributed by atoms with E-state index in [1.807, 2.05) is 12.1 Å². The number of aryl methyl sites for hydroxylation is 1. The van der Waals surface area contributed by atoms with Crippen LogP contribution >= 0.6 is 0 Å². The molecule has 2 rings (SSSR count). The molecule has 0 aliphatic carbocycles. The molecule has 3 heteroatoms. The number of rotatable bonds is 3. The molecule has 0 radical (unpaired) electrons. The van der Waals surface area contributed by atoms with Crippen molar-refractivity contribution in [3.63, 3.8) is 0 Å². The smallest absolute Gasteiger partial charge is 0.130 e. The van der Waals surface area contributed by atoms with Crippen LogP contribution in [0, 0.1) is 11.8 Å². The van der Waals surface area contributed by atoms with Crippen LogP contribution in [0.15, 0.2) is 24.3 Å². The van der Waals surface area contributed by atoms with Gasteiger partial charge in [0, 0.05) is 18.4 Å². The van der Waals surface area contributed by atoms with Crippen LogP contribution in [0.5, 0.6) is 0 Å². The van der Waals surface area contributed by atoms with E-state index < -0.39 is 5.60 Å². The van der Waals surface area contributed by atoms with Gasteiger partial charge in [-0.3, -0.25) is 0 Å². The fourth-order valence-corrected chi connectivity index (χ4v) is 2.13. The molecule has 0 saturated carbocycles. The Kier molecular flexibility index (Phi) is 4.98. The maximum atomic E-state index is 10.3. The molecule has 1 aliphatic heterocycles. The Bertz CT molecular complexity index is 467. The number of benzene rings is 1. The quantitative estimate of drug-likeness (QED) is 0.808. The molecule has 1 heterocycles. The van der Waals surface area contributed by atoms with Gasteiger partial charge in [-0.25, -0.2) is 0 Å². The second kappa shape index (κ2) is 6.72. The van der Waals surface area contributed by atoms with Gasteiger partial charge in [-0.1, -0.05) is 24.0 Å². The van der Waals surface area contributed by atoms with Crippen LogP contribution in [-0.2, 0) is 11.2 Å². The molecule has 1 fully saturated rings. The van der Waals surface area contributed by atoms with Crippen molar-refractivity contribution < 1.29 is 9.84 Å². The molecule has 0 spiro atoms. The van der Waals surface area contributed by atoms with Crippen molar-refractivity contribution in [2.24, 2.45) is 5.73 Å². The maximum absolute atomic E-state index is 10.3. The van der Waals surface area contributed by atoms with Gasteiger partial charge in [-0.05, 0) is 37.1 Å². The van der Waals surface area contributed by atoms with E-state index in [-0.39, 0.29) is 0 Å². The van der Waals surface area contributed by atoms with Crippen LogP contribution in [0.1, 0.15) is 30.4 Å². The third-order valence-corrected chi connectivity index (χ3v) is 3.36. The molecule has 1 aliphatic rings. The van der Waals surface area contributed by atoms with Crippen molar-refractivity contribution in [2.75, 3.05) is 19.8 Å². The summed E-state index contributed by atoms with van der Waals surface area (Å²) in [6.45, 7) is 1.87. The average Bonchev–Trinajstić information content (AvgIpc) is 2.44. The van der Waals surface area contributed by atoms with E-state index in [2.05, 4.69) is 24.0 Å². The summed E-state index contributed by atoms with van der Waals surface area (Å²) < 4.78 is 5.24. The van der Waals surface area contributed by atoms with E-state index in [1.54, 1.807) is 0 Å². The summed E-state index contributed by atoms with van der Waals surface area (Å²) in [5.41, 5.74) is 6.83. The third kappa shape index (κ3) is 4.36. The molecule has 0 bridgehead atoms. The molecule has 1 saturated heterocycles. The highest BCUT2D eigenvalue weighted by Gasteiger charge is 2.27. The minimum atomic E-state index is -0.883. The molecule has 0 unspecified atom stereocenters. The van der Waals surface area contributed by atoms with E-state index in [0.29, 0.717) is 32.6 Å². The lowest BCUT2D eigenvalue weighted by Gasteiger charge is -2.26. The molecule has 19 heavy (non-hydrogen) atoms. The van der Waals surface area contributed by atoms with E-state index in [9.17, 15) is 5.11 Å². The average molecular weight is 259 g/mol. The van der Waals surface area contributed by atoms with Gasteiger partial charge in [0.05, 0.1) is 13.2 Å². The van der Waals surface area contributed by atoms with Gasteiger partial charge in [-0.2, -0.15) is 0 Å². The Morgan fingerprint density at radius 1 is 1.32 bits per heavy atom. The second-order valence-corrected chi connectivity index (χ2v) is 4.99. The lowest BCUT2D eigenvalue weighted by atomic mass is 9.94. The molecule has 1 aromatic rings. The van der Waals surface area contributed by atoms with Gasteiger partial charge in [0.2, 0.25) is 0 Å². The maximum Gasteiger partial charge on any atom is 0.130 e. The molecule has 3 nitrogen and oxygen atoms in total. The molecule has 3 N–H and O–H groups in total. The number of ether oxygens (including phenoxy) is 1. The summed E-state index contributed by atoms with van der Waals surface area (Å²) in [5.74, 6) is 6.08. The number of hydrogen-bond acceptors (Lipinski definition) is 3. The first-order valence-electron chi connectivity index (χ1n) is 6.84. The summed E-state index contributed by atoms with van der Waals surface area (Å²) in [5, 5.41) is 10.3. The van der Waals surface area contributed by atoms with Crippen LogP contribution < -0.4 is 5.73 Å². The fraction of sp³-hybridized carbons (Fsp3) is 0.500. The van der Waals surface area contributed by atoms with Crippen molar-refractivity contribution in [1.82, 2.24) is 0 Å². The van der Waals surface area contributed by atoms with Crippen LogP contribution in [0.4, 0.5) is 0 Å². The predicted octanol–water partition coefficient (Wildman–Crippen LogP) is 1.47. The zero-order valence-corrected chi connectivity index (χ0v) is 11.2. The first-order chi connectivity index (χ1) is 9.22. The first-order valence-corrected chi connectivity index (χ1v) is 6.84. The van der Waals surface area contributed by atoms with Gasteiger partial charge >= 0.3 is 0 Å². The second-order valence-electron chi connectivity index (χ2n) is 4.99. The van der Waals surface area contributed by atoms with Crippen LogP contribution in [0.2, 0.25) is 0 Å². The molecule has 1 aromatic carbocycles. The molecular weight excluding hydrogens is 238 g/mol. The SMILES string of the molecule is NCCCc1cccc(C#CC2(O)CCOCC2)c1. The first kappa shape index (κ1) is 14.1. The van der Waals surface area contributed by atoms with Gasteiger partial charge in [0.15, 0.2) is 0 Å². The molecule has 0 atom stereocenters. The minimum absolute atomic E-state index is 0.585. The van der Waals surface area contributed by atoms with Crippen molar-refractivity contribution in [3.8, 4) is 11.8 Å². The van der Waals surface area contributed by atoms with Gasteiger partial charge in [0.25, 0.3) is 0 Å². The molecule has 102 valence electrons. The monoisotopic (exact) mass is 259 g/mol.